The molecule has 4 rings (SSSR count). The summed E-state index contributed by atoms with van der Waals surface area (Å²) < 4.78 is 37.3. The van der Waals surface area contributed by atoms with E-state index in [0.29, 0.717) is 43.0 Å². The Hall–Kier alpha value is -2.40. The van der Waals surface area contributed by atoms with Crippen LogP contribution in [-0.4, -0.2) is 59.4 Å². The molecule has 1 amide bonds. The first-order chi connectivity index (χ1) is 14.4. The van der Waals surface area contributed by atoms with Crippen molar-refractivity contribution in [2.45, 2.75) is 44.6 Å². The van der Waals surface area contributed by atoms with Gasteiger partial charge in [-0.05, 0) is 19.8 Å². The van der Waals surface area contributed by atoms with Crippen molar-refractivity contribution < 1.29 is 23.0 Å². The summed E-state index contributed by atoms with van der Waals surface area (Å²) in [4.78, 5) is 27.9. The number of hydrogen-bond acceptors (Lipinski definition) is 8. The molecule has 0 unspecified atom stereocenters. The second kappa shape index (κ2) is 8.76. The molecule has 0 radical (unpaired) electrons. The van der Waals surface area contributed by atoms with Crippen LogP contribution in [0.2, 0.25) is 0 Å². The van der Waals surface area contributed by atoms with Crippen molar-refractivity contribution in [2.24, 2.45) is 0 Å². The normalized spacial score (nSPS) is 19.5. The maximum Gasteiger partial charge on any atom is 0.413 e. The Bertz CT molecular complexity index is 894. The number of halogens is 2. The quantitative estimate of drug-likeness (QED) is 0.773. The van der Waals surface area contributed by atoms with Crippen LogP contribution in [0.5, 0.6) is 0 Å². The number of nitrogens with zero attached hydrogens (tertiary/aromatic N) is 4. The Balaban J connectivity index is 1.50. The molecular formula is C19H23F2N5O3S. The van der Waals surface area contributed by atoms with Crippen LogP contribution in [0.3, 0.4) is 0 Å². The smallest absolute Gasteiger partial charge is 0.413 e. The van der Waals surface area contributed by atoms with Crippen molar-refractivity contribution in [1.82, 2.24) is 15.0 Å². The molecule has 1 saturated heterocycles. The summed E-state index contributed by atoms with van der Waals surface area (Å²) >= 11 is 1.42. The number of carbonyl (C=O) groups excluding carboxylic acids is 1. The van der Waals surface area contributed by atoms with Gasteiger partial charge in [-0.25, -0.2) is 28.5 Å². The zero-order valence-electron chi connectivity index (χ0n) is 16.6. The number of anilines is 2. The number of ether oxygens (including phenoxy) is 2. The number of amides is 1. The summed E-state index contributed by atoms with van der Waals surface area (Å²) in [6, 6.07) is 1.67. The van der Waals surface area contributed by atoms with Gasteiger partial charge in [0.1, 0.15) is 17.7 Å². The molecule has 1 N–H and O–H groups in total. The van der Waals surface area contributed by atoms with Gasteiger partial charge < -0.3 is 14.4 Å². The molecule has 2 fully saturated rings. The minimum absolute atomic E-state index is 0.146. The van der Waals surface area contributed by atoms with E-state index in [1.807, 2.05) is 12.3 Å². The van der Waals surface area contributed by atoms with Crippen LogP contribution in [0.25, 0.3) is 10.8 Å². The zero-order valence-corrected chi connectivity index (χ0v) is 17.4. The Morgan fingerprint density at radius 1 is 1.27 bits per heavy atom. The minimum Gasteiger partial charge on any atom is -0.446 e. The Morgan fingerprint density at radius 2 is 2.00 bits per heavy atom. The van der Waals surface area contributed by atoms with Gasteiger partial charge in [-0.3, -0.25) is 5.32 Å². The second-order valence-corrected chi connectivity index (χ2v) is 8.27. The zero-order chi connectivity index (χ0) is 21.1. The van der Waals surface area contributed by atoms with E-state index in [9.17, 15) is 13.6 Å². The molecular weight excluding hydrogens is 416 g/mol. The third-order valence-electron chi connectivity index (χ3n) is 5.03. The van der Waals surface area contributed by atoms with Gasteiger partial charge in [-0.2, -0.15) is 0 Å². The summed E-state index contributed by atoms with van der Waals surface area (Å²) in [5.74, 6) is -1.33. The van der Waals surface area contributed by atoms with Crippen LogP contribution in [0, 0.1) is 6.92 Å². The summed E-state index contributed by atoms with van der Waals surface area (Å²) in [7, 11) is 0. The molecule has 1 saturated carbocycles. The van der Waals surface area contributed by atoms with Gasteiger partial charge in [0.2, 0.25) is 5.92 Å². The summed E-state index contributed by atoms with van der Waals surface area (Å²) in [6.45, 7) is 4.41. The first kappa shape index (κ1) is 20.9. The molecule has 2 aromatic heterocycles. The van der Waals surface area contributed by atoms with Crippen LogP contribution in [0.1, 0.15) is 31.4 Å². The largest absolute Gasteiger partial charge is 0.446 e. The SMILES string of the molecule is Cc1csc(-c2nc(NC(=O)OC3CCC(F)(F)CC3)cc(N3CCOCC3)n2)n1. The van der Waals surface area contributed by atoms with Crippen molar-refractivity contribution >= 4 is 29.1 Å². The molecule has 1 aliphatic carbocycles. The number of hydrogen-bond donors (Lipinski definition) is 1. The van der Waals surface area contributed by atoms with Gasteiger partial charge in [-0.1, -0.05) is 0 Å². The third-order valence-corrected chi connectivity index (χ3v) is 5.98. The Kier molecular flexibility index (Phi) is 6.09. The van der Waals surface area contributed by atoms with Crippen molar-refractivity contribution in [3.05, 3.63) is 17.1 Å². The predicted octanol–water partition coefficient (Wildman–Crippen LogP) is 3.87. The van der Waals surface area contributed by atoms with Gasteiger partial charge in [0.25, 0.3) is 0 Å². The van der Waals surface area contributed by atoms with Crippen LogP contribution < -0.4 is 10.2 Å². The number of nitrogens with one attached hydrogen (secondary N) is 1. The van der Waals surface area contributed by atoms with E-state index in [2.05, 4.69) is 25.2 Å². The number of morpholine rings is 1. The van der Waals surface area contributed by atoms with E-state index in [4.69, 9.17) is 9.47 Å². The van der Waals surface area contributed by atoms with E-state index in [-0.39, 0.29) is 31.5 Å². The van der Waals surface area contributed by atoms with Crippen molar-refractivity contribution in [3.63, 3.8) is 0 Å². The average molecular weight is 439 g/mol. The van der Waals surface area contributed by atoms with Crippen molar-refractivity contribution in [1.29, 1.82) is 0 Å². The van der Waals surface area contributed by atoms with E-state index in [1.54, 1.807) is 6.07 Å². The van der Waals surface area contributed by atoms with Crippen LogP contribution in [0.4, 0.5) is 25.2 Å². The van der Waals surface area contributed by atoms with Gasteiger partial charge in [-0.15, -0.1) is 11.3 Å². The van der Waals surface area contributed by atoms with Crippen molar-refractivity contribution in [3.8, 4) is 10.8 Å². The number of rotatable bonds is 4. The molecule has 1 aliphatic heterocycles. The molecule has 162 valence electrons. The van der Waals surface area contributed by atoms with E-state index >= 15 is 0 Å². The first-order valence-corrected chi connectivity index (χ1v) is 10.8. The highest BCUT2D eigenvalue weighted by Gasteiger charge is 2.36. The molecule has 8 nitrogen and oxygen atoms in total. The monoisotopic (exact) mass is 439 g/mol. The van der Waals surface area contributed by atoms with Gasteiger partial charge in [0.15, 0.2) is 10.8 Å². The maximum absolute atomic E-state index is 13.3. The topological polar surface area (TPSA) is 89.5 Å². The first-order valence-electron chi connectivity index (χ1n) is 9.88. The highest BCUT2D eigenvalue weighted by Crippen LogP contribution is 2.34. The molecule has 0 aromatic carbocycles. The average Bonchev–Trinajstić information content (AvgIpc) is 3.16. The van der Waals surface area contributed by atoms with Gasteiger partial charge >= 0.3 is 6.09 Å². The lowest BCUT2D eigenvalue weighted by atomic mass is 9.94. The molecule has 0 atom stereocenters. The highest BCUT2D eigenvalue weighted by molar-refractivity contribution is 7.13. The fourth-order valence-corrected chi connectivity index (χ4v) is 4.15. The molecule has 2 aliphatic rings. The lowest BCUT2D eigenvalue weighted by Crippen LogP contribution is -2.37. The number of aryl methyl sites for hydroxylation is 1. The fourth-order valence-electron chi connectivity index (χ4n) is 3.42. The minimum atomic E-state index is -2.67. The summed E-state index contributed by atoms with van der Waals surface area (Å²) in [6.07, 6.45) is -1.48. The number of alkyl halides is 2. The molecule has 11 heteroatoms. The predicted molar refractivity (Wildman–Crippen MR) is 108 cm³/mol. The highest BCUT2D eigenvalue weighted by atomic mass is 32.1. The standard InChI is InChI=1S/C19H23F2N5O3S/c1-12-11-30-17(22-12)16-23-14(10-15(25-16)26-6-8-28-9-7-26)24-18(27)29-13-2-4-19(20,21)5-3-13/h10-11,13H,2-9H2,1H3,(H,23,24,25,27). The fraction of sp³-hybridized carbons (Fsp3) is 0.579. The maximum atomic E-state index is 13.3. The Morgan fingerprint density at radius 3 is 2.67 bits per heavy atom. The van der Waals surface area contributed by atoms with Gasteiger partial charge in [0.05, 0.1) is 13.2 Å². The van der Waals surface area contributed by atoms with Gasteiger partial charge in [0, 0.05) is 43.1 Å². The Labute approximate surface area is 176 Å². The van der Waals surface area contributed by atoms with E-state index in [1.165, 1.54) is 11.3 Å². The molecule has 0 spiro atoms. The lowest BCUT2D eigenvalue weighted by Gasteiger charge is -2.28. The van der Waals surface area contributed by atoms with Crippen LogP contribution >= 0.6 is 11.3 Å². The molecule has 0 bridgehead atoms. The number of thiazole rings is 1. The van der Waals surface area contributed by atoms with E-state index in [0.717, 1.165) is 5.69 Å². The van der Waals surface area contributed by atoms with Crippen LogP contribution in [-0.2, 0) is 9.47 Å². The van der Waals surface area contributed by atoms with Crippen LogP contribution in [0.15, 0.2) is 11.4 Å². The summed E-state index contributed by atoms with van der Waals surface area (Å²) in [5, 5.41) is 5.18. The number of carbonyl (C=O) groups is 1. The molecule has 3 heterocycles. The summed E-state index contributed by atoms with van der Waals surface area (Å²) in [5.41, 5.74) is 0.860. The molecule has 30 heavy (non-hydrogen) atoms. The third kappa shape index (κ3) is 5.20. The number of aromatic nitrogens is 3. The lowest BCUT2D eigenvalue weighted by molar-refractivity contribution is -0.0642. The molecule has 2 aromatic rings. The van der Waals surface area contributed by atoms with Crippen molar-refractivity contribution in [2.75, 3.05) is 36.5 Å². The van der Waals surface area contributed by atoms with E-state index < -0.39 is 18.1 Å². The second-order valence-electron chi connectivity index (χ2n) is 7.41.